The minimum Gasteiger partial charge on any atom is -0.466 e. The summed E-state index contributed by atoms with van der Waals surface area (Å²) in [6.07, 6.45) is 9.46. The van der Waals surface area contributed by atoms with E-state index in [0.717, 1.165) is 51.7 Å². The van der Waals surface area contributed by atoms with Gasteiger partial charge in [0.2, 0.25) is 0 Å². The molecule has 0 N–H and O–H groups in total. The number of carbonyl (C=O) groups excluding carboxylic acids is 1. The summed E-state index contributed by atoms with van der Waals surface area (Å²) in [5.41, 5.74) is 0. The second kappa shape index (κ2) is 11.2. The molecule has 0 aliphatic carbocycles. The molecular formula is C15H28O4. The molecule has 4 nitrogen and oxygen atoms in total. The van der Waals surface area contributed by atoms with E-state index in [-0.39, 0.29) is 12.3 Å². The molecule has 1 fully saturated rings. The molecule has 0 spiro atoms. The summed E-state index contributed by atoms with van der Waals surface area (Å²) in [6, 6.07) is 0. The minimum absolute atomic E-state index is 0.0394. The normalized spacial score (nSPS) is 19.3. The van der Waals surface area contributed by atoms with Crippen molar-refractivity contribution in [3.63, 3.8) is 0 Å². The van der Waals surface area contributed by atoms with Crippen molar-refractivity contribution in [2.24, 2.45) is 0 Å². The van der Waals surface area contributed by atoms with Crippen molar-refractivity contribution < 1.29 is 19.0 Å². The van der Waals surface area contributed by atoms with Crippen LogP contribution in [0.4, 0.5) is 0 Å². The Kier molecular flexibility index (Phi) is 9.72. The zero-order valence-corrected chi connectivity index (χ0v) is 12.2. The Hall–Kier alpha value is -0.610. The Bertz CT molecular complexity index is 224. The first kappa shape index (κ1) is 16.4. The zero-order chi connectivity index (χ0) is 13.8. The van der Waals surface area contributed by atoms with Gasteiger partial charge in [-0.3, -0.25) is 4.79 Å². The molecule has 1 heterocycles. The van der Waals surface area contributed by atoms with Crippen LogP contribution in [0, 0.1) is 0 Å². The molecule has 0 saturated carbocycles. The lowest BCUT2D eigenvalue weighted by molar-refractivity contribution is -0.162. The van der Waals surface area contributed by atoms with E-state index >= 15 is 0 Å². The molecule has 0 aromatic rings. The van der Waals surface area contributed by atoms with E-state index in [1.165, 1.54) is 12.8 Å². The zero-order valence-electron chi connectivity index (χ0n) is 12.2. The third-order valence-corrected chi connectivity index (χ3v) is 3.27. The Labute approximate surface area is 116 Å². The van der Waals surface area contributed by atoms with Gasteiger partial charge in [-0.05, 0) is 39.0 Å². The van der Waals surface area contributed by atoms with Gasteiger partial charge < -0.3 is 14.2 Å². The summed E-state index contributed by atoms with van der Waals surface area (Å²) < 4.78 is 16.0. The van der Waals surface area contributed by atoms with E-state index in [0.29, 0.717) is 13.0 Å². The highest BCUT2D eigenvalue weighted by Gasteiger charge is 2.13. The van der Waals surface area contributed by atoms with Crippen LogP contribution in [0.5, 0.6) is 0 Å². The quantitative estimate of drug-likeness (QED) is 0.451. The van der Waals surface area contributed by atoms with E-state index in [1.807, 2.05) is 6.92 Å². The average Bonchev–Trinajstić information content (AvgIpc) is 2.43. The molecule has 0 aromatic heterocycles. The van der Waals surface area contributed by atoms with Crippen LogP contribution in [0.1, 0.15) is 64.7 Å². The van der Waals surface area contributed by atoms with Crippen LogP contribution in [0.2, 0.25) is 0 Å². The lowest BCUT2D eigenvalue weighted by atomic mass is 10.1. The first-order valence-corrected chi connectivity index (χ1v) is 7.71. The minimum atomic E-state index is -0.0692. The van der Waals surface area contributed by atoms with Gasteiger partial charge in [-0.25, -0.2) is 0 Å². The molecule has 112 valence electrons. The monoisotopic (exact) mass is 272 g/mol. The number of esters is 1. The van der Waals surface area contributed by atoms with Gasteiger partial charge in [0.25, 0.3) is 0 Å². The maximum absolute atomic E-state index is 11.1. The molecule has 0 aromatic carbocycles. The number of carbonyl (C=O) groups is 1. The number of rotatable bonds is 10. The molecule has 1 aliphatic heterocycles. The van der Waals surface area contributed by atoms with Crippen molar-refractivity contribution >= 4 is 5.97 Å². The molecule has 0 bridgehead atoms. The van der Waals surface area contributed by atoms with E-state index in [9.17, 15) is 4.79 Å². The van der Waals surface area contributed by atoms with Crippen molar-refractivity contribution in [3.8, 4) is 0 Å². The summed E-state index contributed by atoms with van der Waals surface area (Å²) in [4.78, 5) is 11.1. The van der Waals surface area contributed by atoms with Gasteiger partial charge in [0.05, 0.1) is 6.61 Å². The average molecular weight is 272 g/mol. The van der Waals surface area contributed by atoms with Gasteiger partial charge in [-0.1, -0.05) is 19.3 Å². The number of ether oxygens (including phenoxy) is 3. The maximum Gasteiger partial charge on any atom is 0.305 e. The highest BCUT2D eigenvalue weighted by atomic mass is 16.7. The molecule has 19 heavy (non-hydrogen) atoms. The van der Waals surface area contributed by atoms with Crippen LogP contribution in [-0.2, 0) is 19.0 Å². The van der Waals surface area contributed by atoms with Crippen molar-refractivity contribution in [1.29, 1.82) is 0 Å². The van der Waals surface area contributed by atoms with Crippen molar-refractivity contribution in [2.45, 2.75) is 71.0 Å². The van der Waals surface area contributed by atoms with Crippen LogP contribution in [0.25, 0.3) is 0 Å². The Balaban J connectivity index is 1.79. The summed E-state index contributed by atoms with van der Waals surface area (Å²) in [5.74, 6) is -0.0692. The lowest BCUT2D eigenvalue weighted by Gasteiger charge is -2.22. The predicted molar refractivity (Wildman–Crippen MR) is 73.9 cm³/mol. The fraction of sp³-hybridized carbons (Fsp3) is 0.933. The van der Waals surface area contributed by atoms with Gasteiger partial charge in [0.1, 0.15) is 0 Å². The van der Waals surface area contributed by atoms with Gasteiger partial charge in [0, 0.05) is 19.6 Å². The lowest BCUT2D eigenvalue weighted by Crippen LogP contribution is -2.22. The Morgan fingerprint density at radius 2 is 1.95 bits per heavy atom. The Morgan fingerprint density at radius 1 is 1.16 bits per heavy atom. The first-order chi connectivity index (χ1) is 9.33. The van der Waals surface area contributed by atoms with Gasteiger partial charge in [-0.15, -0.1) is 0 Å². The van der Waals surface area contributed by atoms with Crippen LogP contribution < -0.4 is 0 Å². The highest BCUT2D eigenvalue weighted by molar-refractivity contribution is 5.69. The summed E-state index contributed by atoms with van der Waals surface area (Å²) in [7, 11) is 0. The number of hydrogen-bond donors (Lipinski definition) is 0. The van der Waals surface area contributed by atoms with Gasteiger partial charge in [-0.2, -0.15) is 0 Å². The summed E-state index contributed by atoms with van der Waals surface area (Å²) >= 11 is 0. The van der Waals surface area contributed by atoms with Gasteiger partial charge >= 0.3 is 5.97 Å². The molecule has 1 saturated heterocycles. The van der Waals surface area contributed by atoms with E-state index in [2.05, 4.69) is 0 Å². The fourth-order valence-electron chi connectivity index (χ4n) is 2.19. The van der Waals surface area contributed by atoms with Crippen molar-refractivity contribution in [3.05, 3.63) is 0 Å². The first-order valence-electron chi connectivity index (χ1n) is 7.71. The summed E-state index contributed by atoms with van der Waals surface area (Å²) in [5, 5.41) is 0. The van der Waals surface area contributed by atoms with Crippen LogP contribution in [-0.4, -0.2) is 32.1 Å². The molecule has 1 rings (SSSR count). The molecule has 4 heteroatoms. The largest absolute Gasteiger partial charge is 0.466 e. The van der Waals surface area contributed by atoms with Crippen molar-refractivity contribution in [1.82, 2.24) is 0 Å². The van der Waals surface area contributed by atoms with Gasteiger partial charge in [0.15, 0.2) is 6.29 Å². The standard InChI is InChI=1S/C15H28O4/c1-2-17-14(16)10-6-4-3-5-8-12-18-15-11-7-9-13-19-15/h15H,2-13H2,1H3. The van der Waals surface area contributed by atoms with E-state index in [4.69, 9.17) is 14.2 Å². The van der Waals surface area contributed by atoms with Crippen LogP contribution >= 0.6 is 0 Å². The Morgan fingerprint density at radius 3 is 2.68 bits per heavy atom. The highest BCUT2D eigenvalue weighted by Crippen LogP contribution is 2.14. The molecule has 1 atom stereocenters. The van der Waals surface area contributed by atoms with Crippen LogP contribution in [0.3, 0.4) is 0 Å². The van der Waals surface area contributed by atoms with E-state index in [1.54, 1.807) is 0 Å². The third kappa shape index (κ3) is 9.00. The molecule has 1 unspecified atom stereocenters. The molecule has 0 radical (unpaired) electrons. The second-order valence-corrected chi connectivity index (χ2v) is 4.99. The number of unbranched alkanes of at least 4 members (excludes halogenated alkanes) is 4. The molecular weight excluding hydrogens is 244 g/mol. The summed E-state index contributed by atoms with van der Waals surface area (Å²) in [6.45, 7) is 3.97. The maximum atomic E-state index is 11.1. The smallest absolute Gasteiger partial charge is 0.305 e. The topological polar surface area (TPSA) is 44.8 Å². The van der Waals surface area contributed by atoms with Crippen molar-refractivity contribution in [2.75, 3.05) is 19.8 Å². The SMILES string of the molecule is CCOC(=O)CCCCCCCOC1CCCCO1. The fourth-order valence-corrected chi connectivity index (χ4v) is 2.19. The predicted octanol–water partition coefficient (Wildman–Crippen LogP) is 3.43. The molecule has 1 aliphatic rings. The number of hydrogen-bond acceptors (Lipinski definition) is 4. The molecule has 0 amide bonds. The second-order valence-electron chi connectivity index (χ2n) is 4.99. The third-order valence-electron chi connectivity index (χ3n) is 3.27. The van der Waals surface area contributed by atoms with E-state index < -0.39 is 0 Å². The van der Waals surface area contributed by atoms with Crippen LogP contribution in [0.15, 0.2) is 0 Å².